The number of nitrogens with zero attached hydrogens (tertiary/aromatic N) is 1. The molecule has 0 aliphatic carbocycles. The van der Waals surface area contributed by atoms with Crippen molar-refractivity contribution in [3.63, 3.8) is 0 Å². The molecule has 0 heterocycles. The van der Waals surface area contributed by atoms with Gasteiger partial charge in [0, 0.05) is 18.7 Å². The summed E-state index contributed by atoms with van der Waals surface area (Å²) in [6, 6.07) is 7.71. The molecular weight excluding hydrogens is 250 g/mol. The molecule has 1 aromatic carbocycles. The van der Waals surface area contributed by atoms with Crippen molar-refractivity contribution >= 4 is 0 Å². The monoisotopic (exact) mass is 279 g/mol. The molecule has 0 saturated carbocycles. The first-order valence-corrected chi connectivity index (χ1v) is 7.69. The van der Waals surface area contributed by atoms with Gasteiger partial charge in [-0.2, -0.15) is 0 Å². The standard InChI is InChI=1S/C17H29NO2/c1-5-14(6-2)12-18(7-3)13-16(19)15-10-8-9-11-17(15)20-4/h8-11,14,16,19H,5-7,12-13H2,1-4H3. The first-order valence-electron chi connectivity index (χ1n) is 7.69. The van der Waals surface area contributed by atoms with E-state index < -0.39 is 6.10 Å². The fourth-order valence-corrected chi connectivity index (χ4v) is 2.53. The predicted octanol–water partition coefficient (Wildman–Crippen LogP) is 3.49. The van der Waals surface area contributed by atoms with Gasteiger partial charge in [0.2, 0.25) is 0 Å². The van der Waals surface area contributed by atoms with Gasteiger partial charge >= 0.3 is 0 Å². The van der Waals surface area contributed by atoms with Crippen LogP contribution in [0, 0.1) is 5.92 Å². The van der Waals surface area contributed by atoms with Crippen LogP contribution in [0.4, 0.5) is 0 Å². The zero-order valence-electron chi connectivity index (χ0n) is 13.3. The molecule has 0 bridgehead atoms. The second kappa shape index (κ2) is 8.98. The molecule has 1 unspecified atom stereocenters. The van der Waals surface area contributed by atoms with Gasteiger partial charge < -0.3 is 14.7 Å². The van der Waals surface area contributed by atoms with Crippen molar-refractivity contribution in [2.45, 2.75) is 39.7 Å². The zero-order chi connectivity index (χ0) is 15.0. The highest BCUT2D eigenvalue weighted by atomic mass is 16.5. The molecule has 3 nitrogen and oxygen atoms in total. The molecule has 0 saturated heterocycles. The Bertz CT molecular complexity index is 377. The van der Waals surface area contributed by atoms with Crippen molar-refractivity contribution in [3.05, 3.63) is 29.8 Å². The maximum absolute atomic E-state index is 10.5. The van der Waals surface area contributed by atoms with Crippen LogP contribution in [-0.2, 0) is 0 Å². The summed E-state index contributed by atoms with van der Waals surface area (Å²) < 4.78 is 5.33. The molecule has 1 atom stereocenters. The molecule has 0 amide bonds. The van der Waals surface area contributed by atoms with Crippen molar-refractivity contribution in [1.82, 2.24) is 4.90 Å². The summed E-state index contributed by atoms with van der Waals surface area (Å²) in [5.74, 6) is 1.47. The maximum Gasteiger partial charge on any atom is 0.124 e. The van der Waals surface area contributed by atoms with Gasteiger partial charge in [-0.3, -0.25) is 0 Å². The molecular formula is C17H29NO2. The predicted molar refractivity (Wildman–Crippen MR) is 84.1 cm³/mol. The summed E-state index contributed by atoms with van der Waals surface area (Å²) in [6.45, 7) is 9.29. The Kier molecular flexibility index (Phi) is 7.63. The SMILES string of the molecule is CCC(CC)CN(CC)CC(O)c1ccccc1OC. The highest BCUT2D eigenvalue weighted by Gasteiger charge is 2.17. The topological polar surface area (TPSA) is 32.7 Å². The number of likely N-dealkylation sites (N-methyl/N-ethyl adjacent to an activating group) is 1. The van der Waals surface area contributed by atoms with Gasteiger partial charge in [-0.1, -0.05) is 51.8 Å². The van der Waals surface area contributed by atoms with Crippen LogP contribution in [0.1, 0.15) is 45.3 Å². The first-order chi connectivity index (χ1) is 9.65. The highest BCUT2D eigenvalue weighted by Crippen LogP contribution is 2.25. The quantitative estimate of drug-likeness (QED) is 0.751. The lowest BCUT2D eigenvalue weighted by atomic mass is 10.0. The molecule has 3 heteroatoms. The molecule has 0 spiro atoms. The van der Waals surface area contributed by atoms with Crippen molar-refractivity contribution in [1.29, 1.82) is 0 Å². The van der Waals surface area contributed by atoms with Gasteiger partial charge in [0.25, 0.3) is 0 Å². The van der Waals surface area contributed by atoms with Crippen molar-refractivity contribution in [2.75, 3.05) is 26.7 Å². The summed E-state index contributed by atoms with van der Waals surface area (Å²) >= 11 is 0. The molecule has 0 aromatic heterocycles. The zero-order valence-corrected chi connectivity index (χ0v) is 13.3. The number of rotatable bonds is 9. The fourth-order valence-electron chi connectivity index (χ4n) is 2.53. The second-order valence-corrected chi connectivity index (χ2v) is 5.29. The number of methoxy groups -OCH3 is 1. The van der Waals surface area contributed by atoms with E-state index in [2.05, 4.69) is 25.7 Å². The van der Waals surface area contributed by atoms with Crippen molar-refractivity contribution < 1.29 is 9.84 Å². The van der Waals surface area contributed by atoms with Gasteiger partial charge in [-0.25, -0.2) is 0 Å². The van der Waals surface area contributed by atoms with E-state index in [1.165, 1.54) is 12.8 Å². The average Bonchev–Trinajstić information content (AvgIpc) is 2.50. The Morgan fingerprint density at radius 2 is 1.75 bits per heavy atom. The number of para-hydroxylation sites is 1. The lowest BCUT2D eigenvalue weighted by molar-refractivity contribution is 0.103. The van der Waals surface area contributed by atoms with Gasteiger partial charge in [-0.15, -0.1) is 0 Å². The maximum atomic E-state index is 10.5. The largest absolute Gasteiger partial charge is 0.496 e. The Morgan fingerprint density at radius 1 is 1.10 bits per heavy atom. The molecule has 1 N–H and O–H groups in total. The van der Waals surface area contributed by atoms with E-state index in [1.807, 2.05) is 24.3 Å². The summed E-state index contributed by atoms with van der Waals surface area (Å²) in [4.78, 5) is 2.33. The third-order valence-corrected chi connectivity index (χ3v) is 4.05. The number of aliphatic hydroxyl groups is 1. The number of aliphatic hydroxyl groups excluding tert-OH is 1. The van der Waals surface area contributed by atoms with Crippen LogP contribution in [0.5, 0.6) is 5.75 Å². The minimum absolute atomic E-state index is 0.500. The molecule has 1 aromatic rings. The summed E-state index contributed by atoms with van der Waals surface area (Å²) in [7, 11) is 1.65. The van der Waals surface area contributed by atoms with E-state index in [4.69, 9.17) is 4.74 Å². The molecule has 0 radical (unpaired) electrons. The van der Waals surface area contributed by atoms with E-state index in [-0.39, 0.29) is 0 Å². The minimum atomic E-state index is -0.500. The van der Waals surface area contributed by atoms with E-state index in [9.17, 15) is 5.11 Å². The van der Waals surface area contributed by atoms with E-state index in [0.29, 0.717) is 12.5 Å². The van der Waals surface area contributed by atoms with Crippen LogP contribution in [0.2, 0.25) is 0 Å². The lowest BCUT2D eigenvalue weighted by Gasteiger charge is -2.28. The van der Waals surface area contributed by atoms with Crippen LogP contribution < -0.4 is 4.74 Å². The van der Waals surface area contributed by atoms with Gasteiger partial charge in [0.1, 0.15) is 5.75 Å². The summed E-state index contributed by atoms with van der Waals surface area (Å²) in [6.07, 6.45) is 1.88. The van der Waals surface area contributed by atoms with Crippen LogP contribution in [0.3, 0.4) is 0 Å². The third kappa shape index (κ3) is 4.80. The highest BCUT2D eigenvalue weighted by molar-refractivity contribution is 5.35. The van der Waals surface area contributed by atoms with Crippen LogP contribution >= 0.6 is 0 Å². The Balaban J connectivity index is 2.69. The number of benzene rings is 1. The molecule has 20 heavy (non-hydrogen) atoms. The summed E-state index contributed by atoms with van der Waals surface area (Å²) in [5, 5.41) is 10.5. The number of ether oxygens (including phenoxy) is 1. The van der Waals surface area contributed by atoms with E-state index >= 15 is 0 Å². The number of hydrogen-bond donors (Lipinski definition) is 1. The van der Waals surface area contributed by atoms with Gasteiger partial charge in [0.15, 0.2) is 0 Å². The minimum Gasteiger partial charge on any atom is -0.496 e. The smallest absolute Gasteiger partial charge is 0.124 e. The van der Waals surface area contributed by atoms with Gasteiger partial charge in [0.05, 0.1) is 13.2 Å². The van der Waals surface area contributed by atoms with Crippen LogP contribution in [0.25, 0.3) is 0 Å². The summed E-state index contributed by atoms with van der Waals surface area (Å²) in [5.41, 5.74) is 0.873. The molecule has 0 aliphatic rings. The first kappa shape index (κ1) is 17.0. The molecule has 0 fully saturated rings. The molecule has 0 aliphatic heterocycles. The Morgan fingerprint density at radius 3 is 2.30 bits per heavy atom. The Labute approximate surface area is 123 Å². The fraction of sp³-hybridized carbons (Fsp3) is 0.647. The van der Waals surface area contributed by atoms with Crippen LogP contribution in [0.15, 0.2) is 24.3 Å². The molecule has 114 valence electrons. The Hall–Kier alpha value is -1.06. The average molecular weight is 279 g/mol. The number of hydrogen-bond acceptors (Lipinski definition) is 3. The normalized spacial score (nSPS) is 12.9. The lowest BCUT2D eigenvalue weighted by Crippen LogP contribution is -2.33. The van der Waals surface area contributed by atoms with Crippen LogP contribution in [-0.4, -0.2) is 36.8 Å². The van der Waals surface area contributed by atoms with Gasteiger partial charge in [-0.05, 0) is 18.5 Å². The van der Waals surface area contributed by atoms with Crippen molar-refractivity contribution in [2.24, 2.45) is 5.92 Å². The van der Waals surface area contributed by atoms with E-state index in [0.717, 1.165) is 24.4 Å². The second-order valence-electron chi connectivity index (χ2n) is 5.29. The van der Waals surface area contributed by atoms with Crippen molar-refractivity contribution in [3.8, 4) is 5.75 Å². The third-order valence-electron chi connectivity index (χ3n) is 4.05. The molecule has 1 rings (SSSR count). The van der Waals surface area contributed by atoms with E-state index in [1.54, 1.807) is 7.11 Å².